The number of aryl methyl sites for hydroxylation is 1. The molecule has 4 rings (SSSR count). The maximum absolute atomic E-state index is 12.7. The number of carbonyl (C=O) groups excluding carboxylic acids is 1. The smallest absolute Gasteiger partial charge is 0.355 e. The van der Waals surface area contributed by atoms with Gasteiger partial charge in [0, 0.05) is 17.6 Å². The molecule has 1 saturated carbocycles. The Morgan fingerprint density at radius 1 is 1.36 bits per heavy atom. The normalized spacial score (nSPS) is 20.2. The summed E-state index contributed by atoms with van der Waals surface area (Å²) in [5, 5.41) is 14.2. The van der Waals surface area contributed by atoms with E-state index >= 15 is 0 Å². The molecule has 1 atom stereocenters. The van der Waals surface area contributed by atoms with E-state index in [1.165, 1.54) is 29.7 Å². The van der Waals surface area contributed by atoms with Crippen LogP contribution in [0.3, 0.4) is 0 Å². The molecule has 2 aromatic rings. The minimum Gasteiger partial charge on any atom is -0.476 e. The first-order chi connectivity index (χ1) is 12.0. The lowest BCUT2D eigenvalue weighted by Gasteiger charge is -2.23. The van der Waals surface area contributed by atoms with Crippen molar-refractivity contribution in [1.29, 1.82) is 0 Å². The Morgan fingerprint density at radius 3 is 2.84 bits per heavy atom. The first kappa shape index (κ1) is 16.3. The third kappa shape index (κ3) is 3.18. The lowest BCUT2D eigenvalue weighted by atomic mass is 10.2. The van der Waals surface area contributed by atoms with Gasteiger partial charge >= 0.3 is 5.97 Å². The largest absolute Gasteiger partial charge is 0.476 e. The number of thiazole rings is 1. The molecular formula is C17H20N4O3S. The van der Waals surface area contributed by atoms with Crippen molar-refractivity contribution in [3.05, 3.63) is 33.5 Å². The van der Waals surface area contributed by atoms with E-state index in [1.807, 2.05) is 17.3 Å². The Balaban J connectivity index is 1.49. The monoisotopic (exact) mass is 360 g/mol. The molecular weight excluding hydrogens is 340 g/mol. The van der Waals surface area contributed by atoms with Gasteiger partial charge in [-0.15, -0.1) is 11.3 Å². The molecule has 1 N–H and O–H groups in total. The molecule has 0 bridgehead atoms. The van der Waals surface area contributed by atoms with Crippen LogP contribution < -0.4 is 0 Å². The predicted octanol–water partition coefficient (Wildman–Crippen LogP) is 2.59. The molecule has 3 heterocycles. The van der Waals surface area contributed by atoms with Gasteiger partial charge in [-0.05, 0) is 44.1 Å². The molecule has 1 amide bonds. The van der Waals surface area contributed by atoms with Crippen molar-refractivity contribution < 1.29 is 14.7 Å². The lowest BCUT2D eigenvalue weighted by molar-refractivity contribution is -0.133. The zero-order chi connectivity index (χ0) is 17.6. The summed E-state index contributed by atoms with van der Waals surface area (Å²) in [7, 11) is 0. The van der Waals surface area contributed by atoms with Gasteiger partial charge < -0.3 is 10.0 Å². The summed E-state index contributed by atoms with van der Waals surface area (Å²) < 4.78 is 1.71. The lowest BCUT2D eigenvalue weighted by Crippen LogP contribution is -2.33. The molecule has 2 aliphatic rings. The van der Waals surface area contributed by atoms with E-state index in [2.05, 4.69) is 10.1 Å². The van der Waals surface area contributed by atoms with E-state index in [-0.39, 0.29) is 24.2 Å². The van der Waals surface area contributed by atoms with E-state index in [9.17, 15) is 14.7 Å². The number of nitrogens with zero attached hydrogens (tertiary/aromatic N) is 4. The highest BCUT2D eigenvalue weighted by atomic mass is 32.1. The van der Waals surface area contributed by atoms with Crippen molar-refractivity contribution in [2.45, 2.75) is 51.1 Å². The summed E-state index contributed by atoms with van der Waals surface area (Å²) in [4.78, 5) is 30.7. The molecule has 0 spiro atoms. The first-order valence-electron chi connectivity index (χ1n) is 8.55. The van der Waals surface area contributed by atoms with Crippen LogP contribution in [0.5, 0.6) is 0 Å². The predicted molar refractivity (Wildman–Crippen MR) is 91.7 cm³/mol. The molecule has 2 fully saturated rings. The first-order valence-corrected chi connectivity index (χ1v) is 9.37. The Morgan fingerprint density at radius 2 is 2.16 bits per heavy atom. The molecule has 1 saturated heterocycles. The maximum Gasteiger partial charge on any atom is 0.355 e. The van der Waals surface area contributed by atoms with Gasteiger partial charge in [-0.3, -0.25) is 9.48 Å². The maximum atomic E-state index is 12.7. The summed E-state index contributed by atoms with van der Waals surface area (Å²) in [6.45, 7) is 2.66. The van der Waals surface area contributed by atoms with Gasteiger partial charge in [-0.25, -0.2) is 9.78 Å². The second kappa shape index (κ2) is 6.25. The van der Waals surface area contributed by atoms with Crippen molar-refractivity contribution in [3.63, 3.8) is 0 Å². The van der Waals surface area contributed by atoms with E-state index in [0.717, 1.165) is 17.8 Å². The number of hydrogen-bond acceptors (Lipinski definition) is 5. The Kier molecular flexibility index (Phi) is 4.07. The number of aromatic carboxylic acids is 1. The third-order valence-electron chi connectivity index (χ3n) is 4.87. The molecule has 7 nitrogen and oxygen atoms in total. The molecule has 1 aliphatic carbocycles. The number of carboxylic acids is 1. The van der Waals surface area contributed by atoms with Gasteiger partial charge in [0.05, 0.1) is 12.2 Å². The second-order valence-electron chi connectivity index (χ2n) is 6.75. The fraction of sp³-hybridized carbons (Fsp3) is 0.529. The molecule has 1 aliphatic heterocycles. The van der Waals surface area contributed by atoms with Crippen LogP contribution in [0.2, 0.25) is 0 Å². The SMILES string of the molecule is Cc1sc(C2CCCN2C(=O)Cn2cc(C3CC3)cn2)nc1C(=O)O. The van der Waals surface area contributed by atoms with Gasteiger partial charge in [0.25, 0.3) is 0 Å². The van der Waals surface area contributed by atoms with Crippen LogP contribution in [0.4, 0.5) is 0 Å². The van der Waals surface area contributed by atoms with Crippen molar-refractivity contribution in [2.75, 3.05) is 6.54 Å². The van der Waals surface area contributed by atoms with Crippen molar-refractivity contribution in [3.8, 4) is 0 Å². The average molecular weight is 360 g/mol. The number of amides is 1. The summed E-state index contributed by atoms with van der Waals surface area (Å²) in [5.41, 5.74) is 1.31. The summed E-state index contributed by atoms with van der Waals surface area (Å²) in [6, 6.07) is -0.122. The fourth-order valence-electron chi connectivity index (χ4n) is 3.40. The van der Waals surface area contributed by atoms with Crippen molar-refractivity contribution in [2.24, 2.45) is 0 Å². The minimum absolute atomic E-state index is 0.0117. The van der Waals surface area contributed by atoms with Crippen LogP contribution in [-0.4, -0.2) is 43.2 Å². The Bertz CT molecular complexity index is 824. The van der Waals surface area contributed by atoms with Crippen LogP contribution in [0, 0.1) is 6.92 Å². The average Bonchev–Trinajstić information content (AvgIpc) is 2.99. The highest BCUT2D eigenvalue weighted by Crippen LogP contribution is 2.40. The zero-order valence-corrected chi connectivity index (χ0v) is 14.8. The van der Waals surface area contributed by atoms with Gasteiger partial charge in [0.1, 0.15) is 11.6 Å². The molecule has 0 aromatic carbocycles. The summed E-state index contributed by atoms with van der Waals surface area (Å²) in [5.74, 6) is -0.381. The van der Waals surface area contributed by atoms with Gasteiger partial charge in [-0.2, -0.15) is 5.10 Å². The molecule has 1 unspecified atom stereocenters. The topological polar surface area (TPSA) is 88.3 Å². The van der Waals surface area contributed by atoms with Crippen LogP contribution in [0.1, 0.15) is 63.6 Å². The summed E-state index contributed by atoms with van der Waals surface area (Å²) >= 11 is 1.38. The minimum atomic E-state index is -1.01. The van der Waals surface area contributed by atoms with Crippen LogP contribution >= 0.6 is 11.3 Å². The van der Waals surface area contributed by atoms with Gasteiger partial charge in [0.2, 0.25) is 5.91 Å². The highest BCUT2D eigenvalue weighted by Gasteiger charge is 2.33. The third-order valence-corrected chi connectivity index (χ3v) is 5.95. The van der Waals surface area contributed by atoms with E-state index in [4.69, 9.17) is 0 Å². The Hall–Kier alpha value is -2.22. The molecule has 8 heteroatoms. The standard InChI is InChI=1S/C17H20N4O3S/c1-10-15(17(23)24)19-16(25-10)13-3-2-6-21(13)14(22)9-20-8-12(7-18-20)11-4-5-11/h7-8,11,13H,2-6,9H2,1H3,(H,23,24). The number of carbonyl (C=O) groups is 2. The fourth-order valence-corrected chi connectivity index (χ4v) is 4.46. The van der Waals surface area contributed by atoms with Crippen LogP contribution in [0.15, 0.2) is 12.4 Å². The number of aromatic nitrogens is 3. The van der Waals surface area contributed by atoms with E-state index < -0.39 is 5.97 Å². The molecule has 132 valence electrons. The van der Waals surface area contributed by atoms with E-state index in [0.29, 0.717) is 17.3 Å². The quantitative estimate of drug-likeness (QED) is 0.885. The van der Waals surface area contributed by atoms with Crippen LogP contribution in [-0.2, 0) is 11.3 Å². The summed E-state index contributed by atoms with van der Waals surface area (Å²) in [6.07, 6.45) is 7.98. The van der Waals surface area contributed by atoms with Crippen molar-refractivity contribution in [1.82, 2.24) is 19.7 Å². The van der Waals surface area contributed by atoms with E-state index in [1.54, 1.807) is 11.6 Å². The van der Waals surface area contributed by atoms with Crippen molar-refractivity contribution >= 4 is 23.2 Å². The number of rotatable bonds is 5. The second-order valence-corrected chi connectivity index (χ2v) is 7.99. The molecule has 25 heavy (non-hydrogen) atoms. The number of likely N-dealkylation sites (tertiary alicyclic amines) is 1. The molecule has 0 radical (unpaired) electrons. The zero-order valence-electron chi connectivity index (χ0n) is 14.0. The van der Waals surface area contributed by atoms with Gasteiger partial charge in [0.15, 0.2) is 5.69 Å². The number of carboxylic acid groups (broad SMARTS) is 1. The molecule has 2 aromatic heterocycles. The van der Waals surface area contributed by atoms with Crippen LogP contribution in [0.25, 0.3) is 0 Å². The highest BCUT2D eigenvalue weighted by molar-refractivity contribution is 7.12. The number of hydrogen-bond donors (Lipinski definition) is 1. The van der Waals surface area contributed by atoms with Gasteiger partial charge in [-0.1, -0.05) is 0 Å². The Labute approximate surface area is 149 Å².